The summed E-state index contributed by atoms with van der Waals surface area (Å²) in [5.41, 5.74) is 0.165. The number of hydrogen-bond donors (Lipinski definition) is 0. The molecule has 0 fully saturated rings. The molecule has 0 aliphatic heterocycles. The SMILES string of the molecule is CCOC(=O)C(C=O)Cc1c(F)cc(C)cc1F. The first-order valence-electron chi connectivity index (χ1n) is 5.56. The van der Waals surface area contributed by atoms with Gasteiger partial charge in [-0.05, 0) is 38.0 Å². The minimum atomic E-state index is -1.18. The van der Waals surface area contributed by atoms with Gasteiger partial charge in [-0.2, -0.15) is 0 Å². The van der Waals surface area contributed by atoms with Crippen molar-refractivity contribution in [3.8, 4) is 0 Å². The van der Waals surface area contributed by atoms with Gasteiger partial charge in [-0.15, -0.1) is 0 Å². The van der Waals surface area contributed by atoms with Crippen LogP contribution in [-0.4, -0.2) is 18.9 Å². The fraction of sp³-hybridized carbons (Fsp3) is 0.385. The Kier molecular flexibility index (Phi) is 4.95. The number of halogens is 2. The van der Waals surface area contributed by atoms with E-state index in [4.69, 9.17) is 0 Å². The van der Waals surface area contributed by atoms with Crippen molar-refractivity contribution in [1.82, 2.24) is 0 Å². The van der Waals surface area contributed by atoms with Gasteiger partial charge in [0.05, 0.1) is 6.61 Å². The molecule has 0 heterocycles. The third kappa shape index (κ3) is 3.35. The fourth-order valence-electron chi connectivity index (χ4n) is 1.58. The van der Waals surface area contributed by atoms with Gasteiger partial charge >= 0.3 is 5.97 Å². The molecule has 3 nitrogen and oxygen atoms in total. The molecule has 0 N–H and O–H groups in total. The van der Waals surface area contributed by atoms with Crippen LogP contribution in [0.25, 0.3) is 0 Å². The molecule has 1 rings (SSSR count). The molecular weight excluding hydrogens is 242 g/mol. The smallest absolute Gasteiger partial charge is 0.316 e. The average molecular weight is 256 g/mol. The summed E-state index contributed by atoms with van der Waals surface area (Å²) in [4.78, 5) is 22.1. The summed E-state index contributed by atoms with van der Waals surface area (Å²) >= 11 is 0. The summed E-state index contributed by atoms with van der Waals surface area (Å²) in [5, 5.41) is 0. The number of hydrogen-bond acceptors (Lipinski definition) is 3. The van der Waals surface area contributed by atoms with Crippen molar-refractivity contribution < 1.29 is 23.1 Å². The number of esters is 1. The number of aldehydes is 1. The van der Waals surface area contributed by atoms with Gasteiger partial charge in [-0.3, -0.25) is 4.79 Å². The molecule has 0 saturated heterocycles. The Hall–Kier alpha value is -1.78. The van der Waals surface area contributed by atoms with Crippen LogP contribution >= 0.6 is 0 Å². The third-order valence-electron chi connectivity index (χ3n) is 2.46. The Morgan fingerprint density at radius 1 is 1.39 bits per heavy atom. The van der Waals surface area contributed by atoms with Crippen molar-refractivity contribution in [3.63, 3.8) is 0 Å². The monoisotopic (exact) mass is 256 g/mol. The van der Waals surface area contributed by atoms with Crippen LogP contribution in [0.4, 0.5) is 8.78 Å². The van der Waals surface area contributed by atoms with Crippen LogP contribution in [0.15, 0.2) is 12.1 Å². The molecule has 5 heteroatoms. The maximum absolute atomic E-state index is 13.5. The van der Waals surface area contributed by atoms with Gasteiger partial charge in [0, 0.05) is 5.56 Å². The number of ether oxygens (including phenoxy) is 1. The van der Waals surface area contributed by atoms with Crippen LogP contribution < -0.4 is 0 Å². The van der Waals surface area contributed by atoms with E-state index in [-0.39, 0.29) is 18.6 Å². The summed E-state index contributed by atoms with van der Waals surface area (Å²) in [6.07, 6.45) is 0.0109. The molecule has 1 atom stereocenters. The molecule has 0 saturated carbocycles. The summed E-state index contributed by atoms with van der Waals surface area (Å²) in [7, 11) is 0. The van der Waals surface area contributed by atoms with Crippen molar-refractivity contribution in [3.05, 3.63) is 34.9 Å². The predicted octanol–water partition coefficient (Wildman–Crippen LogP) is 2.19. The Morgan fingerprint density at radius 2 is 1.94 bits per heavy atom. The second-order valence-corrected chi connectivity index (χ2v) is 3.91. The first-order valence-corrected chi connectivity index (χ1v) is 5.56. The standard InChI is InChI=1S/C13H14F2O3/c1-3-18-13(17)9(7-16)6-10-11(14)4-8(2)5-12(10)15/h4-5,7,9H,3,6H2,1-2H3. The number of carbonyl (C=O) groups is 2. The lowest BCUT2D eigenvalue weighted by Crippen LogP contribution is -2.22. The van der Waals surface area contributed by atoms with E-state index in [2.05, 4.69) is 4.74 Å². The van der Waals surface area contributed by atoms with Gasteiger partial charge in [0.25, 0.3) is 0 Å². The van der Waals surface area contributed by atoms with E-state index < -0.39 is 23.5 Å². The number of benzene rings is 1. The minimum absolute atomic E-state index is 0.113. The number of aryl methyl sites for hydroxylation is 1. The summed E-state index contributed by atoms with van der Waals surface area (Å²) in [5.74, 6) is -3.48. The van der Waals surface area contributed by atoms with Crippen LogP contribution in [0.5, 0.6) is 0 Å². The maximum atomic E-state index is 13.5. The van der Waals surface area contributed by atoms with E-state index in [0.29, 0.717) is 11.8 Å². The van der Waals surface area contributed by atoms with Crippen molar-refractivity contribution in [2.75, 3.05) is 6.61 Å². The van der Waals surface area contributed by atoms with E-state index in [9.17, 15) is 18.4 Å². The number of rotatable bonds is 5. The van der Waals surface area contributed by atoms with Crippen LogP contribution in [0, 0.1) is 24.5 Å². The van der Waals surface area contributed by atoms with Gasteiger partial charge in [-0.25, -0.2) is 8.78 Å². The molecule has 0 bridgehead atoms. The highest BCUT2D eigenvalue weighted by Crippen LogP contribution is 2.19. The van der Waals surface area contributed by atoms with Gasteiger partial charge in [0.1, 0.15) is 23.8 Å². The second kappa shape index (κ2) is 6.23. The highest BCUT2D eigenvalue weighted by atomic mass is 19.1. The summed E-state index contributed by atoms with van der Waals surface area (Å²) < 4.78 is 31.8. The molecule has 0 amide bonds. The lowest BCUT2D eigenvalue weighted by atomic mass is 9.98. The zero-order valence-corrected chi connectivity index (χ0v) is 10.2. The zero-order chi connectivity index (χ0) is 13.7. The Balaban J connectivity index is 2.95. The zero-order valence-electron chi connectivity index (χ0n) is 10.2. The maximum Gasteiger partial charge on any atom is 0.316 e. The predicted molar refractivity (Wildman–Crippen MR) is 61.0 cm³/mol. The highest BCUT2D eigenvalue weighted by Gasteiger charge is 2.23. The van der Waals surface area contributed by atoms with Crippen molar-refractivity contribution in [2.45, 2.75) is 20.3 Å². The van der Waals surface area contributed by atoms with Gasteiger partial charge in [0.15, 0.2) is 0 Å². The molecule has 1 aromatic rings. The van der Waals surface area contributed by atoms with E-state index in [1.54, 1.807) is 13.8 Å². The van der Waals surface area contributed by atoms with E-state index in [1.165, 1.54) is 0 Å². The molecule has 1 unspecified atom stereocenters. The molecule has 0 aliphatic carbocycles. The van der Waals surface area contributed by atoms with Crippen LogP contribution in [0.3, 0.4) is 0 Å². The molecule has 0 radical (unpaired) electrons. The average Bonchev–Trinajstić information content (AvgIpc) is 2.28. The molecule has 18 heavy (non-hydrogen) atoms. The van der Waals surface area contributed by atoms with Crippen LogP contribution in [0.1, 0.15) is 18.1 Å². The van der Waals surface area contributed by atoms with Crippen molar-refractivity contribution in [2.24, 2.45) is 5.92 Å². The fourth-order valence-corrected chi connectivity index (χ4v) is 1.58. The van der Waals surface area contributed by atoms with Crippen LogP contribution in [-0.2, 0) is 20.7 Å². The molecule has 0 aromatic heterocycles. The highest BCUT2D eigenvalue weighted by molar-refractivity contribution is 5.88. The lowest BCUT2D eigenvalue weighted by molar-refractivity contribution is -0.149. The van der Waals surface area contributed by atoms with Crippen molar-refractivity contribution in [1.29, 1.82) is 0 Å². The summed E-state index contributed by atoms with van der Waals surface area (Å²) in [6.45, 7) is 3.26. The second-order valence-electron chi connectivity index (χ2n) is 3.91. The Morgan fingerprint density at radius 3 is 2.39 bits per heavy atom. The largest absolute Gasteiger partial charge is 0.465 e. The van der Waals surface area contributed by atoms with Crippen LogP contribution in [0.2, 0.25) is 0 Å². The quantitative estimate of drug-likeness (QED) is 0.461. The third-order valence-corrected chi connectivity index (χ3v) is 2.46. The van der Waals surface area contributed by atoms with Gasteiger partial charge < -0.3 is 9.53 Å². The Bertz CT molecular complexity index is 435. The lowest BCUT2D eigenvalue weighted by Gasteiger charge is -2.11. The van der Waals surface area contributed by atoms with E-state index >= 15 is 0 Å². The number of carbonyl (C=O) groups excluding carboxylic acids is 2. The van der Waals surface area contributed by atoms with Crippen molar-refractivity contribution >= 4 is 12.3 Å². The molecule has 98 valence electrons. The molecule has 1 aromatic carbocycles. The minimum Gasteiger partial charge on any atom is -0.465 e. The van der Waals surface area contributed by atoms with E-state index in [0.717, 1.165) is 12.1 Å². The van der Waals surface area contributed by atoms with Gasteiger partial charge in [-0.1, -0.05) is 0 Å². The first kappa shape index (κ1) is 14.3. The summed E-state index contributed by atoms with van der Waals surface area (Å²) in [6, 6.07) is 2.32. The van der Waals surface area contributed by atoms with E-state index in [1.807, 2.05) is 0 Å². The first-order chi connectivity index (χ1) is 8.49. The molecule has 0 spiro atoms. The normalized spacial score (nSPS) is 12.0. The Labute approximate surface area is 104 Å². The molecular formula is C13H14F2O3. The topological polar surface area (TPSA) is 43.4 Å². The molecule has 0 aliphatic rings. The van der Waals surface area contributed by atoms with Gasteiger partial charge in [0.2, 0.25) is 0 Å².